The fourth-order valence-corrected chi connectivity index (χ4v) is 3.20. The molecule has 0 aliphatic rings. The van der Waals surface area contributed by atoms with Gasteiger partial charge in [0, 0.05) is 28.1 Å². The van der Waals surface area contributed by atoms with Crippen molar-refractivity contribution in [2.45, 2.75) is 13.3 Å². The number of para-hydroxylation sites is 1. The Labute approximate surface area is 124 Å². The van der Waals surface area contributed by atoms with Crippen molar-refractivity contribution in [3.05, 3.63) is 62.0 Å². The maximum atomic E-state index is 12.6. The summed E-state index contributed by atoms with van der Waals surface area (Å²) in [6.45, 7) is 2.04. The molecule has 0 unspecified atom stereocenters. The second-order valence-corrected chi connectivity index (χ2v) is 5.78. The lowest BCUT2D eigenvalue weighted by atomic mass is 10.1. The summed E-state index contributed by atoms with van der Waals surface area (Å²) < 4.78 is 0. The van der Waals surface area contributed by atoms with Crippen LogP contribution in [0.25, 0.3) is 10.9 Å². The number of benzene rings is 1. The molecule has 1 N–H and O–H groups in total. The Morgan fingerprint density at radius 1 is 1.33 bits per heavy atom. The molecule has 0 spiro atoms. The van der Waals surface area contributed by atoms with E-state index in [9.17, 15) is 14.9 Å². The molecule has 0 radical (unpaired) electrons. The Bertz CT molecular complexity index is 848. The number of nitrogens with one attached hydrogen (secondary N) is 1. The van der Waals surface area contributed by atoms with Crippen LogP contribution in [-0.2, 0) is 6.42 Å². The van der Waals surface area contributed by atoms with Crippen LogP contribution in [0.2, 0.25) is 0 Å². The van der Waals surface area contributed by atoms with E-state index in [1.165, 1.54) is 17.4 Å². The highest BCUT2D eigenvalue weighted by molar-refractivity contribution is 7.14. The van der Waals surface area contributed by atoms with Crippen molar-refractivity contribution in [3.63, 3.8) is 0 Å². The average Bonchev–Trinajstić information content (AvgIpc) is 3.12. The van der Waals surface area contributed by atoms with Crippen molar-refractivity contribution in [2.75, 3.05) is 0 Å². The maximum Gasteiger partial charge on any atom is 0.293 e. The third kappa shape index (κ3) is 2.23. The number of nitro benzene ring substituents is 1. The highest BCUT2D eigenvalue weighted by atomic mass is 32.1. The molecule has 1 aromatic carbocycles. The van der Waals surface area contributed by atoms with E-state index in [2.05, 4.69) is 4.98 Å². The van der Waals surface area contributed by atoms with Crippen molar-refractivity contribution < 1.29 is 9.72 Å². The first-order valence-electron chi connectivity index (χ1n) is 6.49. The molecule has 21 heavy (non-hydrogen) atoms. The van der Waals surface area contributed by atoms with Gasteiger partial charge in [-0.1, -0.05) is 19.1 Å². The number of rotatable bonds is 4. The summed E-state index contributed by atoms with van der Waals surface area (Å²) in [5.74, 6) is -0.105. The molecule has 0 saturated carbocycles. The van der Waals surface area contributed by atoms with Gasteiger partial charge in [-0.3, -0.25) is 14.9 Å². The van der Waals surface area contributed by atoms with Crippen LogP contribution >= 0.6 is 11.3 Å². The lowest BCUT2D eigenvalue weighted by Crippen LogP contribution is -1.97. The monoisotopic (exact) mass is 300 g/mol. The zero-order valence-corrected chi connectivity index (χ0v) is 12.1. The first-order chi connectivity index (χ1) is 10.1. The highest BCUT2D eigenvalue weighted by Crippen LogP contribution is 2.29. The van der Waals surface area contributed by atoms with Crippen molar-refractivity contribution in [2.24, 2.45) is 0 Å². The molecule has 0 bridgehead atoms. The standard InChI is InChI=1S/C15H12N2O3S/c1-2-9-6-7-13(21-9)15(18)11-8-16-14-10(11)4-3-5-12(14)17(19)20/h3-8,16H,2H2,1H3. The normalized spacial score (nSPS) is 10.9. The molecule has 0 saturated heterocycles. The number of aromatic amines is 1. The molecule has 0 atom stereocenters. The van der Waals surface area contributed by atoms with E-state index in [1.54, 1.807) is 18.3 Å². The largest absolute Gasteiger partial charge is 0.355 e. The Kier molecular flexibility index (Phi) is 3.31. The molecule has 3 rings (SSSR count). The van der Waals surface area contributed by atoms with E-state index in [-0.39, 0.29) is 11.5 Å². The van der Waals surface area contributed by atoms with E-state index < -0.39 is 4.92 Å². The minimum Gasteiger partial charge on any atom is -0.355 e. The molecule has 2 aromatic heterocycles. The van der Waals surface area contributed by atoms with Gasteiger partial charge in [0.15, 0.2) is 0 Å². The molecule has 0 aliphatic heterocycles. The molecule has 2 heterocycles. The number of aryl methyl sites for hydroxylation is 1. The second-order valence-electron chi connectivity index (χ2n) is 4.61. The number of fused-ring (bicyclic) bond motifs is 1. The number of aromatic nitrogens is 1. The number of nitro groups is 1. The van der Waals surface area contributed by atoms with Crippen LogP contribution in [0.1, 0.15) is 27.0 Å². The molecule has 6 heteroatoms. The van der Waals surface area contributed by atoms with Crippen LogP contribution in [0.15, 0.2) is 36.5 Å². The number of hydrogen-bond acceptors (Lipinski definition) is 4. The summed E-state index contributed by atoms with van der Waals surface area (Å²) in [5.41, 5.74) is 0.836. The average molecular weight is 300 g/mol. The smallest absolute Gasteiger partial charge is 0.293 e. The van der Waals surface area contributed by atoms with E-state index in [1.807, 2.05) is 19.1 Å². The molecule has 3 aromatic rings. The Hall–Kier alpha value is -2.47. The van der Waals surface area contributed by atoms with Crippen molar-refractivity contribution in [1.82, 2.24) is 4.98 Å². The number of H-pyrrole nitrogens is 1. The quantitative estimate of drug-likeness (QED) is 0.450. The van der Waals surface area contributed by atoms with Crippen molar-refractivity contribution >= 4 is 33.7 Å². The Morgan fingerprint density at radius 3 is 2.81 bits per heavy atom. The summed E-state index contributed by atoms with van der Waals surface area (Å²) in [5, 5.41) is 11.6. The van der Waals surface area contributed by atoms with Crippen LogP contribution in [0, 0.1) is 10.1 Å². The third-order valence-electron chi connectivity index (χ3n) is 3.37. The van der Waals surface area contributed by atoms with Crippen molar-refractivity contribution in [3.8, 4) is 0 Å². The maximum absolute atomic E-state index is 12.6. The Balaban J connectivity index is 2.11. The minimum atomic E-state index is -0.451. The van der Waals surface area contributed by atoms with Crippen LogP contribution in [0.4, 0.5) is 5.69 Å². The van der Waals surface area contributed by atoms with E-state index in [0.717, 1.165) is 11.3 Å². The topological polar surface area (TPSA) is 76.0 Å². The number of nitrogens with zero attached hydrogens (tertiary/aromatic N) is 1. The Morgan fingerprint density at radius 2 is 2.14 bits per heavy atom. The van der Waals surface area contributed by atoms with Gasteiger partial charge in [0.1, 0.15) is 5.52 Å². The summed E-state index contributed by atoms with van der Waals surface area (Å²) in [6, 6.07) is 8.49. The lowest BCUT2D eigenvalue weighted by Gasteiger charge is -1.97. The van der Waals surface area contributed by atoms with Crippen LogP contribution in [0.3, 0.4) is 0 Å². The van der Waals surface area contributed by atoms with Gasteiger partial charge in [-0.15, -0.1) is 11.3 Å². The van der Waals surface area contributed by atoms with Crippen molar-refractivity contribution in [1.29, 1.82) is 0 Å². The molecular weight excluding hydrogens is 288 g/mol. The van der Waals surface area contributed by atoms with Gasteiger partial charge < -0.3 is 4.98 Å². The molecule has 5 nitrogen and oxygen atoms in total. The molecular formula is C15H12N2O3S. The fraction of sp³-hybridized carbons (Fsp3) is 0.133. The number of non-ortho nitro benzene ring substituents is 1. The number of carbonyl (C=O) groups excluding carboxylic acids is 1. The predicted octanol–water partition coefficient (Wildman–Crippen LogP) is 3.93. The highest BCUT2D eigenvalue weighted by Gasteiger charge is 2.20. The summed E-state index contributed by atoms with van der Waals surface area (Å²) in [4.78, 5) is 27.8. The predicted molar refractivity (Wildman–Crippen MR) is 82.1 cm³/mol. The number of thiophene rings is 1. The zero-order valence-electron chi connectivity index (χ0n) is 11.3. The van der Waals surface area contributed by atoms with E-state index in [4.69, 9.17) is 0 Å². The first kappa shape index (κ1) is 13.5. The second kappa shape index (κ2) is 5.14. The molecule has 0 fully saturated rings. The molecule has 0 aliphatic carbocycles. The van der Waals surface area contributed by atoms with Gasteiger partial charge >= 0.3 is 0 Å². The molecule has 106 valence electrons. The van der Waals surface area contributed by atoms with Gasteiger partial charge in [-0.05, 0) is 18.6 Å². The van der Waals surface area contributed by atoms with E-state index in [0.29, 0.717) is 21.3 Å². The number of ketones is 1. The third-order valence-corrected chi connectivity index (χ3v) is 4.60. The van der Waals surface area contributed by atoms with Gasteiger partial charge in [0.25, 0.3) is 5.69 Å². The van der Waals surface area contributed by atoms with Gasteiger partial charge in [0.05, 0.1) is 9.80 Å². The number of carbonyl (C=O) groups is 1. The summed E-state index contributed by atoms with van der Waals surface area (Å²) >= 11 is 1.46. The zero-order chi connectivity index (χ0) is 15.0. The van der Waals surface area contributed by atoms with Gasteiger partial charge in [-0.2, -0.15) is 0 Å². The summed E-state index contributed by atoms with van der Waals surface area (Å²) in [6.07, 6.45) is 2.43. The molecule has 0 amide bonds. The minimum absolute atomic E-state index is 0.0213. The first-order valence-corrected chi connectivity index (χ1v) is 7.31. The van der Waals surface area contributed by atoms with Crippen LogP contribution in [-0.4, -0.2) is 15.7 Å². The number of hydrogen-bond donors (Lipinski definition) is 1. The SMILES string of the molecule is CCc1ccc(C(=O)c2c[nH]c3c([N+](=O)[O-])cccc23)s1. The lowest BCUT2D eigenvalue weighted by molar-refractivity contribution is -0.383. The van der Waals surface area contributed by atoms with Crippen LogP contribution in [0.5, 0.6) is 0 Å². The van der Waals surface area contributed by atoms with Gasteiger partial charge in [-0.25, -0.2) is 0 Å². The fourth-order valence-electron chi connectivity index (χ4n) is 2.30. The van der Waals surface area contributed by atoms with Crippen LogP contribution < -0.4 is 0 Å². The van der Waals surface area contributed by atoms with Gasteiger partial charge in [0.2, 0.25) is 5.78 Å². The summed E-state index contributed by atoms with van der Waals surface area (Å²) in [7, 11) is 0. The van der Waals surface area contributed by atoms with E-state index >= 15 is 0 Å².